The highest BCUT2D eigenvalue weighted by Gasteiger charge is 2.47. The quantitative estimate of drug-likeness (QED) is 0.191. The minimum atomic E-state index is -1.64. The van der Waals surface area contributed by atoms with Crippen LogP contribution in [0.4, 0.5) is 0 Å². The molecule has 1 aromatic carbocycles. The van der Waals surface area contributed by atoms with Crippen molar-refractivity contribution in [1.29, 1.82) is 0 Å². The van der Waals surface area contributed by atoms with E-state index in [1.54, 1.807) is 12.1 Å². The second-order valence-corrected chi connectivity index (χ2v) is 7.83. The molecule has 0 aliphatic carbocycles. The zero-order valence-corrected chi connectivity index (χ0v) is 17.1. The molecule has 0 aromatic heterocycles. The molecule has 3 rings (SSSR count). The molecule has 8 N–H and O–H groups in total. The number of aliphatic hydroxyl groups is 7. The minimum Gasteiger partial charge on any atom is -0.508 e. The number of aromatic hydroxyl groups is 1. The van der Waals surface area contributed by atoms with Crippen LogP contribution in [0.25, 0.3) is 0 Å². The first kappa shape index (κ1) is 25.2. The van der Waals surface area contributed by atoms with Gasteiger partial charge >= 0.3 is 0 Å². The fraction of sp³-hybridized carbons (Fsp3) is 0.700. The zero-order chi connectivity index (χ0) is 23.4. The molecule has 0 radical (unpaired) electrons. The van der Waals surface area contributed by atoms with E-state index in [1.807, 2.05) is 0 Å². The Hall–Kier alpha value is -1.42. The van der Waals surface area contributed by atoms with Crippen molar-refractivity contribution in [1.82, 2.24) is 0 Å². The van der Waals surface area contributed by atoms with Gasteiger partial charge in [0.05, 0.1) is 19.8 Å². The Morgan fingerprint density at radius 1 is 0.688 bits per heavy atom. The lowest BCUT2D eigenvalue weighted by Gasteiger charge is -2.42. The second kappa shape index (κ2) is 11.1. The fourth-order valence-corrected chi connectivity index (χ4v) is 3.54. The van der Waals surface area contributed by atoms with Crippen LogP contribution in [0.1, 0.15) is 5.56 Å². The number of aliphatic hydroxyl groups excluding tert-OH is 7. The Bertz CT molecular complexity index is 700. The Morgan fingerprint density at radius 3 is 1.81 bits per heavy atom. The Balaban J connectivity index is 1.54. The maximum Gasteiger partial charge on any atom is 0.186 e. The number of rotatable bonds is 8. The van der Waals surface area contributed by atoms with Gasteiger partial charge in [-0.15, -0.1) is 0 Å². The molecule has 2 saturated heterocycles. The van der Waals surface area contributed by atoms with E-state index in [0.29, 0.717) is 6.42 Å². The Kier molecular flexibility index (Phi) is 8.77. The lowest BCUT2D eigenvalue weighted by atomic mass is 9.98. The first-order valence-corrected chi connectivity index (χ1v) is 10.2. The van der Waals surface area contributed by atoms with E-state index in [-0.39, 0.29) is 12.4 Å². The van der Waals surface area contributed by atoms with Crippen molar-refractivity contribution >= 4 is 0 Å². The molecule has 0 spiro atoms. The van der Waals surface area contributed by atoms with Crippen molar-refractivity contribution in [2.75, 3.05) is 19.8 Å². The summed E-state index contributed by atoms with van der Waals surface area (Å²) in [4.78, 5) is 0. The monoisotopic (exact) mass is 462 g/mol. The van der Waals surface area contributed by atoms with E-state index < -0.39 is 74.6 Å². The van der Waals surface area contributed by atoms with Gasteiger partial charge in [-0.3, -0.25) is 0 Å². The first-order valence-electron chi connectivity index (χ1n) is 10.2. The highest BCUT2D eigenvalue weighted by atomic mass is 16.7. The van der Waals surface area contributed by atoms with Crippen LogP contribution >= 0.6 is 0 Å². The zero-order valence-electron chi connectivity index (χ0n) is 17.1. The van der Waals surface area contributed by atoms with Crippen LogP contribution in [-0.4, -0.2) is 122 Å². The summed E-state index contributed by atoms with van der Waals surface area (Å²) in [6.45, 7) is -0.948. The van der Waals surface area contributed by atoms with Gasteiger partial charge in [0.15, 0.2) is 12.6 Å². The molecule has 32 heavy (non-hydrogen) atoms. The predicted octanol–water partition coefficient (Wildman–Crippen LogP) is -3.42. The number of benzene rings is 1. The first-order chi connectivity index (χ1) is 15.2. The molecule has 0 saturated carbocycles. The second-order valence-electron chi connectivity index (χ2n) is 7.83. The Morgan fingerprint density at radius 2 is 1.22 bits per heavy atom. The van der Waals surface area contributed by atoms with Gasteiger partial charge in [-0.1, -0.05) is 12.1 Å². The van der Waals surface area contributed by atoms with E-state index in [4.69, 9.17) is 18.9 Å². The molecule has 12 heteroatoms. The number of hydrogen-bond donors (Lipinski definition) is 8. The number of hydrogen-bond acceptors (Lipinski definition) is 12. The van der Waals surface area contributed by atoms with E-state index in [0.717, 1.165) is 5.56 Å². The van der Waals surface area contributed by atoms with Gasteiger partial charge in [0, 0.05) is 0 Å². The largest absolute Gasteiger partial charge is 0.508 e. The van der Waals surface area contributed by atoms with Gasteiger partial charge in [0.1, 0.15) is 54.6 Å². The minimum absolute atomic E-state index is 0.107. The normalized spacial score (nSPS) is 40.3. The van der Waals surface area contributed by atoms with Crippen LogP contribution in [0.15, 0.2) is 24.3 Å². The average Bonchev–Trinajstić information content (AvgIpc) is 2.79. The topological polar surface area (TPSA) is 199 Å². The van der Waals surface area contributed by atoms with Crippen molar-refractivity contribution in [2.24, 2.45) is 0 Å². The van der Waals surface area contributed by atoms with Crippen LogP contribution in [0, 0.1) is 0 Å². The van der Waals surface area contributed by atoms with E-state index in [1.165, 1.54) is 12.1 Å². The lowest BCUT2D eigenvalue weighted by Crippen LogP contribution is -2.61. The molecule has 182 valence electrons. The van der Waals surface area contributed by atoms with Crippen LogP contribution < -0.4 is 0 Å². The summed E-state index contributed by atoms with van der Waals surface area (Å²) in [5.74, 6) is 0.125. The number of phenols is 1. The summed E-state index contributed by atoms with van der Waals surface area (Å²) in [5, 5.41) is 78.7. The third-order valence-corrected chi connectivity index (χ3v) is 5.55. The maximum absolute atomic E-state index is 10.2. The third-order valence-electron chi connectivity index (χ3n) is 5.55. The van der Waals surface area contributed by atoms with Crippen LogP contribution in [0.2, 0.25) is 0 Å². The molecular formula is C20H30O12. The molecule has 10 atom stereocenters. The summed E-state index contributed by atoms with van der Waals surface area (Å²) in [6, 6.07) is 6.45. The van der Waals surface area contributed by atoms with E-state index in [9.17, 15) is 40.9 Å². The van der Waals surface area contributed by atoms with Crippen molar-refractivity contribution in [3.05, 3.63) is 29.8 Å². The summed E-state index contributed by atoms with van der Waals surface area (Å²) < 4.78 is 21.6. The van der Waals surface area contributed by atoms with Crippen molar-refractivity contribution in [3.8, 4) is 5.75 Å². The van der Waals surface area contributed by atoms with Gasteiger partial charge in [-0.25, -0.2) is 0 Å². The van der Waals surface area contributed by atoms with Crippen LogP contribution in [0.5, 0.6) is 5.75 Å². The molecule has 1 aromatic rings. The molecule has 2 aliphatic rings. The highest BCUT2D eigenvalue weighted by Crippen LogP contribution is 2.26. The van der Waals surface area contributed by atoms with E-state index in [2.05, 4.69) is 0 Å². The number of phenolic OH excluding ortho intramolecular Hbond substituents is 1. The fourth-order valence-electron chi connectivity index (χ4n) is 3.54. The molecule has 0 amide bonds. The van der Waals surface area contributed by atoms with Gasteiger partial charge in [-0.05, 0) is 24.1 Å². The predicted molar refractivity (Wildman–Crippen MR) is 104 cm³/mol. The summed E-state index contributed by atoms with van der Waals surface area (Å²) in [5.41, 5.74) is 0.858. The molecule has 2 aliphatic heterocycles. The van der Waals surface area contributed by atoms with Crippen molar-refractivity contribution in [2.45, 2.75) is 67.8 Å². The average molecular weight is 462 g/mol. The molecule has 12 nitrogen and oxygen atoms in total. The van der Waals surface area contributed by atoms with Gasteiger partial charge in [0.25, 0.3) is 0 Å². The molecule has 0 bridgehead atoms. The third kappa shape index (κ3) is 5.73. The van der Waals surface area contributed by atoms with Gasteiger partial charge < -0.3 is 59.8 Å². The summed E-state index contributed by atoms with van der Waals surface area (Å²) in [6.07, 6.45) is -14.2. The maximum atomic E-state index is 10.2. The smallest absolute Gasteiger partial charge is 0.186 e. The lowest BCUT2D eigenvalue weighted by molar-refractivity contribution is -0.331. The van der Waals surface area contributed by atoms with E-state index >= 15 is 0 Å². The number of ether oxygens (including phenoxy) is 4. The standard InChI is InChI=1S/C20H30O12/c21-7-11-13(23)15(25)18(28)20(31-11)30-8-12-14(24)16(26)17(27)19(32-12)29-6-5-9-1-3-10(22)4-2-9/h1-4,11-28H,5-8H2/t11-,12-,13-,14-,15+,16+,17-,18-,19-,20-/m1/s1. The summed E-state index contributed by atoms with van der Waals surface area (Å²) >= 11 is 0. The van der Waals surface area contributed by atoms with Crippen LogP contribution in [-0.2, 0) is 25.4 Å². The highest BCUT2D eigenvalue weighted by molar-refractivity contribution is 5.25. The molecule has 0 unspecified atom stereocenters. The van der Waals surface area contributed by atoms with Crippen molar-refractivity contribution in [3.63, 3.8) is 0 Å². The van der Waals surface area contributed by atoms with Crippen molar-refractivity contribution < 1.29 is 59.8 Å². The molecular weight excluding hydrogens is 432 g/mol. The van der Waals surface area contributed by atoms with Gasteiger partial charge in [-0.2, -0.15) is 0 Å². The van der Waals surface area contributed by atoms with Gasteiger partial charge in [0.2, 0.25) is 0 Å². The summed E-state index contributed by atoms with van der Waals surface area (Å²) in [7, 11) is 0. The molecule has 2 heterocycles. The van der Waals surface area contributed by atoms with Crippen LogP contribution in [0.3, 0.4) is 0 Å². The molecule has 2 fully saturated rings. The Labute approximate surface area is 183 Å². The SMILES string of the molecule is OC[C@H]1O[C@@H](OC[C@H]2O[C@@H](OCCc3ccc(O)cc3)[C@H](O)[C@@H](O)[C@@H]2O)[C@H](O)[C@@H](O)[C@@H]1O.